The predicted molar refractivity (Wildman–Crippen MR) is 102 cm³/mol. The second-order valence-electron chi connectivity index (χ2n) is 6.59. The van der Waals surface area contributed by atoms with Gasteiger partial charge in [0.25, 0.3) is 0 Å². The molecule has 27 heavy (non-hydrogen) atoms. The molecule has 0 radical (unpaired) electrons. The van der Waals surface area contributed by atoms with Gasteiger partial charge in [0, 0.05) is 32.2 Å². The summed E-state index contributed by atoms with van der Waals surface area (Å²) in [6.07, 6.45) is 4.34. The van der Waals surface area contributed by atoms with Crippen LogP contribution in [0.5, 0.6) is 0 Å². The van der Waals surface area contributed by atoms with Crippen molar-refractivity contribution in [2.24, 2.45) is 0 Å². The third-order valence-electron chi connectivity index (χ3n) is 4.79. The van der Waals surface area contributed by atoms with Gasteiger partial charge in [0.05, 0.1) is 6.04 Å². The monoisotopic (exact) mass is 377 g/mol. The summed E-state index contributed by atoms with van der Waals surface area (Å²) in [7, 11) is 0. The summed E-state index contributed by atoms with van der Waals surface area (Å²) in [5, 5.41) is 11.7. The number of benzene rings is 1. The molecule has 0 bridgehead atoms. The second kappa shape index (κ2) is 10.2. The molecule has 2 N–H and O–H groups in total. The van der Waals surface area contributed by atoms with Crippen LogP contribution in [-0.2, 0) is 9.59 Å². The fourth-order valence-electron chi connectivity index (χ4n) is 3.38. The molecule has 2 rings (SSSR count). The van der Waals surface area contributed by atoms with Crippen LogP contribution >= 0.6 is 0 Å². The second-order valence-corrected chi connectivity index (χ2v) is 6.59. The van der Waals surface area contributed by atoms with Gasteiger partial charge in [-0.3, -0.25) is 14.5 Å². The molecule has 1 aromatic rings. The Labute approximate surface area is 159 Å². The molecule has 0 saturated carbocycles. The zero-order valence-corrected chi connectivity index (χ0v) is 15.9. The number of carbonyl (C=O) groups is 2. The average Bonchev–Trinajstić information content (AvgIpc) is 3.06. The lowest BCUT2D eigenvalue weighted by atomic mass is 10.1. The first-order valence-electron chi connectivity index (χ1n) is 9.33. The molecular weight excluding hydrogens is 349 g/mol. The minimum Gasteiger partial charge on any atom is -0.387 e. The van der Waals surface area contributed by atoms with Gasteiger partial charge in [0.15, 0.2) is 0 Å². The number of aliphatic hydroxyl groups is 1. The van der Waals surface area contributed by atoms with Crippen molar-refractivity contribution in [1.29, 1.82) is 0 Å². The van der Waals surface area contributed by atoms with E-state index in [-0.39, 0.29) is 23.8 Å². The van der Waals surface area contributed by atoms with Gasteiger partial charge < -0.3 is 15.3 Å². The molecule has 2 atom stereocenters. The Morgan fingerprint density at radius 2 is 1.96 bits per heavy atom. The fraction of sp³-hybridized carbons (Fsp3) is 0.500. The number of nitrogens with one attached hydrogen (secondary N) is 1. The predicted octanol–water partition coefficient (Wildman–Crippen LogP) is 1.26. The highest BCUT2D eigenvalue weighted by Gasteiger charge is 2.38. The Morgan fingerprint density at radius 1 is 1.30 bits per heavy atom. The third kappa shape index (κ3) is 5.87. The van der Waals surface area contributed by atoms with E-state index in [1.54, 1.807) is 17.0 Å². The molecule has 148 valence electrons. The highest BCUT2D eigenvalue weighted by molar-refractivity contribution is 5.83. The van der Waals surface area contributed by atoms with Gasteiger partial charge in [-0.05, 0) is 38.0 Å². The Kier molecular flexibility index (Phi) is 7.94. The van der Waals surface area contributed by atoms with Crippen LogP contribution in [0.2, 0.25) is 0 Å². The zero-order valence-electron chi connectivity index (χ0n) is 15.9. The first-order chi connectivity index (χ1) is 13.0. The molecule has 0 spiro atoms. The van der Waals surface area contributed by atoms with Gasteiger partial charge in [0.2, 0.25) is 11.8 Å². The molecule has 7 heteroatoms. The quantitative estimate of drug-likeness (QED) is 0.715. The minimum atomic E-state index is -0.560. The van der Waals surface area contributed by atoms with E-state index >= 15 is 0 Å². The topological polar surface area (TPSA) is 72.9 Å². The van der Waals surface area contributed by atoms with Crippen molar-refractivity contribution in [3.63, 3.8) is 0 Å². The number of hydrogen-bond acceptors (Lipinski definition) is 4. The molecular formula is C20H28FN3O3. The van der Waals surface area contributed by atoms with Crippen LogP contribution < -0.4 is 5.32 Å². The van der Waals surface area contributed by atoms with E-state index in [9.17, 15) is 14.0 Å². The van der Waals surface area contributed by atoms with Crippen LogP contribution in [0.3, 0.4) is 0 Å². The number of likely N-dealkylation sites (tertiary alicyclic amines) is 1. The van der Waals surface area contributed by atoms with Crippen molar-refractivity contribution < 1.29 is 19.1 Å². The van der Waals surface area contributed by atoms with Crippen LogP contribution in [0.15, 0.2) is 30.3 Å². The summed E-state index contributed by atoms with van der Waals surface area (Å²) in [4.78, 5) is 28.2. The highest BCUT2D eigenvalue weighted by Crippen LogP contribution is 2.20. The maximum Gasteiger partial charge on any atom is 0.245 e. The highest BCUT2D eigenvalue weighted by atomic mass is 19.1. The van der Waals surface area contributed by atoms with Crippen molar-refractivity contribution in [3.05, 3.63) is 41.7 Å². The lowest BCUT2D eigenvalue weighted by Crippen LogP contribution is -2.45. The van der Waals surface area contributed by atoms with Crippen molar-refractivity contribution in [3.8, 4) is 0 Å². The largest absolute Gasteiger partial charge is 0.387 e. The lowest BCUT2D eigenvalue weighted by Gasteiger charge is -2.28. The Morgan fingerprint density at radius 3 is 2.56 bits per heavy atom. The average molecular weight is 377 g/mol. The Hall–Kier alpha value is -2.25. The van der Waals surface area contributed by atoms with Crippen LogP contribution in [0.4, 0.5) is 4.39 Å². The molecule has 0 unspecified atom stereocenters. The van der Waals surface area contributed by atoms with Crippen molar-refractivity contribution in [1.82, 2.24) is 15.1 Å². The van der Waals surface area contributed by atoms with E-state index in [1.165, 1.54) is 12.1 Å². The summed E-state index contributed by atoms with van der Waals surface area (Å²) in [5.74, 6) is -0.660. The van der Waals surface area contributed by atoms with Crippen LogP contribution in [0, 0.1) is 5.82 Å². The smallest absolute Gasteiger partial charge is 0.245 e. The van der Waals surface area contributed by atoms with Crippen LogP contribution in [0.1, 0.15) is 25.8 Å². The maximum absolute atomic E-state index is 13.0. The molecule has 0 aliphatic carbocycles. The fourth-order valence-corrected chi connectivity index (χ4v) is 3.38. The van der Waals surface area contributed by atoms with Gasteiger partial charge in [0.1, 0.15) is 12.4 Å². The van der Waals surface area contributed by atoms with Gasteiger partial charge >= 0.3 is 0 Å². The molecule has 1 heterocycles. The zero-order chi connectivity index (χ0) is 19.8. The van der Waals surface area contributed by atoms with Gasteiger partial charge in [-0.1, -0.05) is 24.3 Å². The van der Waals surface area contributed by atoms with Crippen molar-refractivity contribution in [2.75, 3.05) is 32.8 Å². The molecule has 1 aromatic carbocycles. The van der Waals surface area contributed by atoms with Crippen molar-refractivity contribution in [2.45, 2.75) is 32.4 Å². The number of amides is 2. The number of likely N-dealkylation sites (N-methyl/N-ethyl adjacent to an activating group) is 1. The van der Waals surface area contributed by atoms with Crippen LogP contribution in [0.25, 0.3) is 6.08 Å². The Bertz CT molecular complexity index is 659. The number of aliphatic hydroxyl groups excluding tert-OH is 1. The standard InChI is InChI=1S/C20H28FN3O3/c1-3-23(4-2)20(27)18-12-17(22-19(26)14-25)13-24(18)11-5-6-15-7-9-16(21)10-8-15/h5-10,17-18,25H,3-4,11-14H2,1-2H3,(H,22,26)/t17-,18+/m1/s1. The maximum atomic E-state index is 13.0. The summed E-state index contributed by atoms with van der Waals surface area (Å²) in [6.45, 7) is 5.69. The van der Waals surface area contributed by atoms with E-state index in [2.05, 4.69) is 5.32 Å². The summed E-state index contributed by atoms with van der Waals surface area (Å²) in [5.41, 5.74) is 0.882. The number of hydrogen-bond donors (Lipinski definition) is 2. The number of halogens is 1. The molecule has 2 amide bonds. The minimum absolute atomic E-state index is 0.0518. The SMILES string of the molecule is CCN(CC)C(=O)[C@@H]1C[C@@H](NC(=O)CO)CN1CC=Cc1ccc(F)cc1. The number of rotatable bonds is 8. The summed E-state index contributed by atoms with van der Waals surface area (Å²) in [6, 6.07) is 5.71. The molecule has 0 aromatic heterocycles. The molecule has 1 saturated heterocycles. The third-order valence-corrected chi connectivity index (χ3v) is 4.79. The molecule has 1 aliphatic rings. The number of nitrogens with zero attached hydrogens (tertiary/aromatic N) is 2. The van der Waals surface area contributed by atoms with Crippen molar-refractivity contribution >= 4 is 17.9 Å². The molecule has 1 fully saturated rings. The summed E-state index contributed by atoms with van der Waals surface area (Å²) >= 11 is 0. The van der Waals surface area contributed by atoms with E-state index in [1.807, 2.05) is 30.9 Å². The van der Waals surface area contributed by atoms with Gasteiger partial charge in [-0.25, -0.2) is 4.39 Å². The van der Waals surface area contributed by atoms with Gasteiger partial charge in [-0.15, -0.1) is 0 Å². The van der Waals surface area contributed by atoms with Gasteiger partial charge in [-0.2, -0.15) is 0 Å². The van der Waals surface area contributed by atoms with Crippen LogP contribution in [-0.4, -0.2) is 71.6 Å². The van der Waals surface area contributed by atoms with E-state index in [0.717, 1.165) is 5.56 Å². The van der Waals surface area contributed by atoms with E-state index < -0.39 is 12.5 Å². The molecule has 6 nitrogen and oxygen atoms in total. The Balaban J connectivity index is 2.07. The molecule has 1 aliphatic heterocycles. The first-order valence-corrected chi connectivity index (χ1v) is 9.33. The number of carbonyl (C=O) groups excluding carboxylic acids is 2. The normalized spacial score (nSPS) is 20.1. The van der Waals surface area contributed by atoms with E-state index in [0.29, 0.717) is 32.6 Å². The lowest BCUT2D eigenvalue weighted by molar-refractivity contribution is -0.135. The summed E-state index contributed by atoms with van der Waals surface area (Å²) < 4.78 is 13.0. The van der Waals surface area contributed by atoms with E-state index in [4.69, 9.17) is 5.11 Å². The first kappa shape index (κ1) is 21.1.